The van der Waals surface area contributed by atoms with E-state index in [1.54, 1.807) is 45.3 Å². The Labute approximate surface area is 415 Å². The summed E-state index contributed by atoms with van der Waals surface area (Å²) in [6.45, 7) is 14.3. The van der Waals surface area contributed by atoms with Crippen molar-refractivity contribution in [3.05, 3.63) is 152 Å². The van der Waals surface area contributed by atoms with Crippen LogP contribution >= 0.6 is 35.6 Å². The molecule has 360 valence electrons. The predicted octanol–water partition coefficient (Wildman–Crippen LogP) is 8.93. The summed E-state index contributed by atoms with van der Waals surface area (Å²) in [6.07, 6.45) is 5.54. The van der Waals surface area contributed by atoms with E-state index in [-0.39, 0.29) is 49.6 Å². The fourth-order valence-electron chi connectivity index (χ4n) is 7.06. The number of nitrogens with two attached hydrogens (primary N) is 1. The molecular formula is C48H53Cl3N14O4. The smallest absolute Gasteiger partial charge is 0.413 e. The monoisotopic (exact) mass is 994 g/mol. The van der Waals surface area contributed by atoms with Gasteiger partial charge in [0.15, 0.2) is 11.4 Å². The molecule has 0 aliphatic heterocycles. The molecule has 0 aliphatic carbocycles. The summed E-state index contributed by atoms with van der Waals surface area (Å²) >= 11 is 12.1. The van der Waals surface area contributed by atoms with Crippen LogP contribution in [0.1, 0.15) is 93.9 Å². The number of amides is 3. The lowest BCUT2D eigenvalue weighted by Gasteiger charge is -2.20. The minimum Gasteiger partial charge on any atom is -0.444 e. The second-order valence-electron chi connectivity index (χ2n) is 16.7. The molecule has 0 spiro atoms. The fraction of sp³-hybridized carbons (Fsp3) is 0.271. The van der Waals surface area contributed by atoms with Gasteiger partial charge in [-0.25, -0.2) is 14.8 Å². The highest BCUT2D eigenvalue weighted by molar-refractivity contribution is 6.31. The third-order valence-electron chi connectivity index (χ3n) is 10.2. The highest BCUT2D eigenvalue weighted by Gasteiger charge is 2.19. The number of hydrogen-bond donors (Lipinski definition) is 4. The number of rotatable bonds is 11. The summed E-state index contributed by atoms with van der Waals surface area (Å²) in [5, 5.41) is 28.4. The first-order valence-corrected chi connectivity index (χ1v) is 21.8. The molecule has 18 nitrogen and oxygen atoms in total. The molecule has 6 aromatic heterocycles. The minimum atomic E-state index is -0.610. The molecule has 0 unspecified atom stereocenters. The summed E-state index contributed by atoms with van der Waals surface area (Å²) in [5.41, 5.74) is 14.3. The zero-order chi connectivity index (χ0) is 48.0. The van der Waals surface area contributed by atoms with Crippen LogP contribution in [0.15, 0.2) is 85.5 Å². The number of aryl methyl sites for hydroxylation is 4. The highest BCUT2D eigenvalue weighted by Crippen LogP contribution is 2.22. The zero-order valence-electron chi connectivity index (χ0n) is 38.3. The Hall–Kier alpha value is -7.28. The second-order valence-corrected chi connectivity index (χ2v) is 17.6. The number of halogens is 3. The lowest BCUT2D eigenvalue weighted by Crippen LogP contribution is -2.28. The van der Waals surface area contributed by atoms with Crippen LogP contribution in [0.25, 0.3) is 21.8 Å². The molecule has 8 aromatic rings. The van der Waals surface area contributed by atoms with E-state index < -0.39 is 11.7 Å². The largest absolute Gasteiger partial charge is 0.444 e. The van der Waals surface area contributed by atoms with Crippen molar-refractivity contribution in [1.29, 1.82) is 0 Å². The summed E-state index contributed by atoms with van der Waals surface area (Å²) in [4.78, 5) is 57.4. The molecule has 0 atom stereocenters. The highest BCUT2D eigenvalue weighted by atomic mass is 35.5. The molecule has 0 radical (unpaired) electrons. The number of nitrogens with zero attached hydrogens (tertiary/aromatic N) is 10. The van der Waals surface area contributed by atoms with Gasteiger partial charge in [-0.15, -0.1) is 22.6 Å². The van der Waals surface area contributed by atoms with Crippen LogP contribution in [0, 0.1) is 27.7 Å². The molecule has 0 fully saturated rings. The van der Waals surface area contributed by atoms with Crippen LogP contribution in [-0.2, 0) is 30.9 Å². The normalized spacial score (nSPS) is 10.9. The van der Waals surface area contributed by atoms with Gasteiger partial charge in [-0.2, -0.15) is 19.8 Å². The van der Waals surface area contributed by atoms with Gasteiger partial charge in [0.25, 0.3) is 11.8 Å². The molecule has 0 saturated carbocycles. The van der Waals surface area contributed by atoms with Gasteiger partial charge in [0.2, 0.25) is 0 Å². The van der Waals surface area contributed by atoms with Gasteiger partial charge in [0, 0.05) is 47.6 Å². The van der Waals surface area contributed by atoms with Gasteiger partial charge in [-0.1, -0.05) is 42.8 Å². The standard InChI is InChI=1S/C26H28ClN7O3.C21H20ClN7O.CH4.ClH/c1-15-8-23(32-25(36)37-26(3,4)5)31-16(2)20(15)12-29-24(35)22-13-30-34(33-22)14-17-6-7-21-18(9-17)10-19(27)11-28-21;1-12-5-20(23)27-13(2)17(12)9-25-21(30)19-10-26-29(28-19)11-14-3-4-18-15(6-14)7-16(22)8-24-18;;/h6-11,13H,12,14H2,1-5H3,(H,29,35)(H,31,32,36);3-8,10H,9,11H2,1-2H3,(H2,23,27)(H,25,30);1H4;1H. The van der Waals surface area contributed by atoms with E-state index in [2.05, 4.69) is 56.3 Å². The van der Waals surface area contributed by atoms with Crippen LogP contribution in [0.3, 0.4) is 0 Å². The van der Waals surface area contributed by atoms with E-state index >= 15 is 0 Å². The van der Waals surface area contributed by atoms with Crippen molar-refractivity contribution >= 4 is 87.0 Å². The fourth-order valence-corrected chi connectivity index (χ4v) is 7.39. The molecule has 6 heterocycles. The Kier molecular flexibility index (Phi) is 17.3. The van der Waals surface area contributed by atoms with E-state index in [0.29, 0.717) is 47.0 Å². The number of carbonyl (C=O) groups is 3. The van der Waals surface area contributed by atoms with Crippen LogP contribution < -0.4 is 21.7 Å². The molecule has 69 heavy (non-hydrogen) atoms. The molecule has 3 amide bonds. The molecule has 0 bridgehead atoms. The van der Waals surface area contributed by atoms with E-state index in [1.165, 1.54) is 22.0 Å². The van der Waals surface area contributed by atoms with Gasteiger partial charge < -0.3 is 21.1 Å². The molecule has 8 rings (SSSR count). The molecule has 2 aromatic carbocycles. The lowest BCUT2D eigenvalue weighted by molar-refractivity contribution is 0.0634. The average molecular weight is 996 g/mol. The Morgan fingerprint density at radius 3 is 1.58 bits per heavy atom. The van der Waals surface area contributed by atoms with Crippen LogP contribution in [0.5, 0.6) is 0 Å². The number of nitrogen functional groups attached to an aromatic ring is 1. The minimum absolute atomic E-state index is 0. The molecule has 0 aliphatic rings. The van der Waals surface area contributed by atoms with Gasteiger partial charge in [0.05, 0.1) is 46.6 Å². The third kappa shape index (κ3) is 14.1. The van der Waals surface area contributed by atoms with Crippen molar-refractivity contribution in [2.45, 2.75) is 87.7 Å². The van der Waals surface area contributed by atoms with Crippen LogP contribution in [-0.4, -0.2) is 73.4 Å². The molecular weight excluding hydrogens is 943 g/mol. The van der Waals surface area contributed by atoms with Gasteiger partial charge in [-0.3, -0.25) is 24.9 Å². The van der Waals surface area contributed by atoms with Crippen molar-refractivity contribution in [1.82, 2.24) is 60.6 Å². The number of hydrogen-bond acceptors (Lipinski definition) is 13. The number of carbonyl (C=O) groups excluding carboxylic acids is 3. The van der Waals surface area contributed by atoms with Gasteiger partial charge >= 0.3 is 6.09 Å². The number of fused-ring (bicyclic) bond motifs is 2. The maximum absolute atomic E-state index is 12.7. The summed E-state index contributed by atoms with van der Waals surface area (Å²) in [5.74, 6) is 0.200. The number of aromatic nitrogens is 10. The van der Waals surface area contributed by atoms with Crippen molar-refractivity contribution < 1.29 is 19.1 Å². The first-order valence-electron chi connectivity index (χ1n) is 21.0. The Bertz CT molecular complexity index is 3100. The maximum Gasteiger partial charge on any atom is 0.413 e. The van der Waals surface area contributed by atoms with Crippen molar-refractivity contribution in [3.63, 3.8) is 0 Å². The van der Waals surface area contributed by atoms with Crippen molar-refractivity contribution in [3.8, 4) is 0 Å². The van der Waals surface area contributed by atoms with E-state index in [4.69, 9.17) is 33.7 Å². The van der Waals surface area contributed by atoms with Gasteiger partial charge in [-0.05, 0) is 130 Å². The number of nitrogens with one attached hydrogen (secondary N) is 3. The second kappa shape index (κ2) is 22.7. The van der Waals surface area contributed by atoms with Gasteiger partial charge in [0.1, 0.15) is 17.2 Å². The Morgan fingerprint density at radius 1 is 0.667 bits per heavy atom. The Balaban J connectivity index is 0.000000255. The SMILES string of the molecule is C.Cc1cc(N)nc(C)c1CNC(=O)c1cnn(Cc2ccc3ncc(Cl)cc3c2)n1.Cc1cc(NC(=O)OC(C)(C)C)nc(C)c1CNC(=O)c1cnn(Cc2ccc3ncc(Cl)cc3c2)n1.Cl. The topological polar surface area (TPSA) is 236 Å². The van der Waals surface area contributed by atoms with Crippen LogP contribution in [0.4, 0.5) is 16.4 Å². The number of ether oxygens (including phenoxy) is 1. The number of benzene rings is 2. The Morgan fingerprint density at radius 2 is 1.13 bits per heavy atom. The van der Waals surface area contributed by atoms with Crippen LogP contribution in [0.2, 0.25) is 10.0 Å². The number of anilines is 2. The molecule has 0 saturated heterocycles. The first kappa shape index (κ1) is 52.7. The molecule has 5 N–H and O–H groups in total. The first-order chi connectivity index (χ1) is 31.8. The van der Waals surface area contributed by atoms with E-state index in [9.17, 15) is 14.4 Å². The third-order valence-corrected chi connectivity index (χ3v) is 10.6. The summed E-state index contributed by atoms with van der Waals surface area (Å²) in [7, 11) is 0. The summed E-state index contributed by atoms with van der Waals surface area (Å²) in [6, 6.07) is 18.9. The average Bonchev–Trinajstić information content (AvgIpc) is 3.92. The van der Waals surface area contributed by atoms with Crippen molar-refractivity contribution in [2.24, 2.45) is 0 Å². The van der Waals surface area contributed by atoms with Crippen molar-refractivity contribution in [2.75, 3.05) is 11.1 Å². The molecule has 21 heteroatoms. The summed E-state index contributed by atoms with van der Waals surface area (Å²) < 4.78 is 5.27. The number of pyridine rings is 4. The lowest BCUT2D eigenvalue weighted by atomic mass is 10.1. The van der Waals surface area contributed by atoms with E-state index in [0.717, 1.165) is 60.9 Å². The maximum atomic E-state index is 12.7. The quantitative estimate of drug-likeness (QED) is 0.0948. The predicted molar refractivity (Wildman–Crippen MR) is 270 cm³/mol. The van der Waals surface area contributed by atoms with E-state index in [1.807, 2.05) is 76.2 Å². The zero-order valence-corrected chi connectivity index (χ0v) is 40.6.